The normalized spacial score (nSPS) is 10.9. The van der Waals surface area contributed by atoms with Crippen LogP contribution in [0.25, 0.3) is 5.78 Å². The highest BCUT2D eigenvalue weighted by Crippen LogP contribution is 2.17. The Morgan fingerprint density at radius 2 is 1.88 bits per heavy atom. The maximum atomic E-state index is 12.1. The Morgan fingerprint density at radius 3 is 2.48 bits per heavy atom. The average Bonchev–Trinajstić information content (AvgIpc) is 3.01. The lowest BCUT2D eigenvalue weighted by Gasteiger charge is -2.18. The van der Waals surface area contributed by atoms with E-state index in [0.29, 0.717) is 29.7 Å². The molecule has 2 rings (SSSR count). The van der Waals surface area contributed by atoms with Crippen LogP contribution in [0.15, 0.2) is 5.16 Å². The lowest BCUT2D eigenvalue weighted by Crippen LogP contribution is -2.34. The van der Waals surface area contributed by atoms with E-state index in [1.165, 1.54) is 11.8 Å². The quantitative estimate of drug-likeness (QED) is 0.541. The van der Waals surface area contributed by atoms with Crippen molar-refractivity contribution >= 4 is 29.4 Å². The summed E-state index contributed by atoms with van der Waals surface area (Å²) in [7, 11) is 0. The van der Waals surface area contributed by atoms with E-state index < -0.39 is 5.97 Å². The molecular weight excluding hydrogens is 342 g/mol. The Bertz CT molecular complexity index is 786. The zero-order chi connectivity index (χ0) is 18.6. The summed E-state index contributed by atoms with van der Waals surface area (Å²) in [5.41, 5.74) is 2.24. The average molecular weight is 365 g/mol. The molecular formula is C16H23N5O3S. The second-order valence-corrected chi connectivity index (χ2v) is 6.25. The van der Waals surface area contributed by atoms with Gasteiger partial charge in [-0.15, -0.1) is 5.10 Å². The van der Waals surface area contributed by atoms with E-state index in [1.54, 1.807) is 9.42 Å². The Kier molecular flexibility index (Phi) is 6.35. The van der Waals surface area contributed by atoms with Crippen LogP contribution in [-0.4, -0.2) is 62.3 Å². The van der Waals surface area contributed by atoms with Gasteiger partial charge in [-0.1, -0.05) is 11.8 Å². The standard InChI is InChI=1S/C16H23N5O3S/c1-6-20(7-2)13(22)9-24-14(23)8-12-10(3)17-15-18-16(25-5)19-21(15)11(12)4/h6-9H2,1-5H3. The third-order valence-electron chi connectivity index (χ3n) is 4.01. The van der Waals surface area contributed by atoms with E-state index in [2.05, 4.69) is 15.1 Å². The summed E-state index contributed by atoms with van der Waals surface area (Å²) in [4.78, 5) is 34.4. The van der Waals surface area contributed by atoms with Crippen molar-refractivity contribution in [2.24, 2.45) is 0 Å². The van der Waals surface area contributed by atoms with Gasteiger partial charge in [-0.05, 0) is 34.0 Å². The fourth-order valence-corrected chi connectivity index (χ4v) is 2.87. The predicted molar refractivity (Wildman–Crippen MR) is 94.6 cm³/mol. The van der Waals surface area contributed by atoms with Gasteiger partial charge in [-0.3, -0.25) is 9.59 Å². The summed E-state index contributed by atoms with van der Waals surface area (Å²) in [5.74, 6) is -0.146. The fraction of sp³-hybridized carbons (Fsp3) is 0.562. The molecule has 0 aliphatic carbocycles. The van der Waals surface area contributed by atoms with Gasteiger partial charge in [0.25, 0.3) is 11.7 Å². The molecule has 1 amide bonds. The van der Waals surface area contributed by atoms with Crippen LogP contribution in [0, 0.1) is 13.8 Å². The minimum Gasteiger partial charge on any atom is -0.455 e. The molecule has 0 N–H and O–H groups in total. The van der Waals surface area contributed by atoms with Crippen LogP contribution < -0.4 is 0 Å². The van der Waals surface area contributed by atoms with Gasteiger partial charge < -0.3 is 9.64 Å². The number of hydrogen-bond donors (Lipinski definition) is 0. The molecule has 0 atom stereocenters. The van der Waals surface area contributed by atoms with Gasteiger partial charge in [0, 0.05) is 30.0 Å². The molecule has 136 valence electrons. The summed E-state index contributed by atoms with van der Waals surface area (Å²) >= 11 is 1.43. The Hall–Kier alpha value is -2.16. The molecule has 2 aromatic rings. The van der Waals surface area contributed by atoms with Crippen LogP contribution >= 0.6 is 11.8 Å². The number of fused-ring (bicyclic) bond motifs is 1. The number of aryl methyl sites for hydroxylation is 2. The van der Waals surface area contributed by atoms with E-state index in [9.17, 15) is 9.59 Å². The summed E-state index contributed by atoms with van der Waals surface area (Å²) in [5, 5.41) is 4.98. The zero-order valence-electron chi connectivity index (χ0n) is 15.2. The molecule has 0 saturated heterocycles. The van der Waals surface area contributed by atoms with Crippen molar-refractivity contribution in [1.82, 2.24) is 24.5 Å². The number of amides is 1. The molecule has 2 heterocycles. The summed E-state index contributed by atoms with van der Waals surface area (Å²) < 4.78 is 6.76. The molecule has 0 fully saturated rings. The summed E-state index contributed by atoms with van der Waals surface area (Å²) in [6.07, 6.45) is 1.93. The Labute approximate surface area is 151 Å². The van der Waals surface area contributed by atoms with E-state index in [4.69, 9.17) is 4.74 Å². The highest BCUT2D eigenvalue weighted by atomic mass is 32.2. The highest BCUT2D eigenvalue weighted by Gasteiger charge is 2.18. The van der Waals surface area contributed by atoms with Crippen molar-refractivity contribution in [2.75, 3.05) is 26.0 Å². The van der Waals surface area contributed by atoms with Crippen molar-refractivity contribution < 1.29 is 14.3 Å². The minimum atomic E-state index is -0.460. The van der Waals surface area contributed by atoms with Gasteiger partial charge >= 0.3 is 5.97 Å². The van der Waals surface area contributed by atoms with E-state index in [0.717, 1.165) is 11.3 Å². The lowest BCUT2D eigenvalue weighted by atomic mass is 10.1. The van der Waals surface area contributed by atoms with Crippen LogP contribution in [0.5, 0.6) is 0 Å². The number of nitrogens with zero attached hydrogens (tertiary/aromatic N) is 5. The van der Waals surface area contributed by atoms with E-state index >= 15 is 0 Å². The summed E-state index contributed by atoms with van der Waals surface area (Å²) in [6, 6.07) is 0. The maximum absolute atomic E-state index is 12.1. The molecule has 0 aromatic carbocycles. The van der Waals surface area contributed by atoms with E-state index in [1.807, 2.05) is 34.0 Å². The zero-order valence-corrected chi connectivity index (χ0v) is 16.0. The van der Waals surface area contributed by atoms with Gasteiger partial charge in [0.1, 0.15) is 0 Å². The van der Waals surface area contributed by atoms with Gasteiger partial charge in [0.15, 0.2) is 6.61 Å². The monoisotopic (exact) mass is 365 g/mol. The third kappa shape index (κ3) is 4.28. The van der Waals surface area contributed by atoms with Crippen LogP contribution in [0.4, 0.5) is 0 Å². The number of likely N-dealkylation sites (N-methyl/N-ethyl adjacent to an activating group) is 1. The van der Waals surface area contributed by atoms with Crippen LogP contribution in [0.1, 0.15) is 30.8 Å². The van der Waals surface area contributed by atoms with Crippen molar-refractivity contribution in [1.29, 1.82) is 0 Å². The van der Waals surface area contributed by atoms with Crippen molar-refractivity contribution in [3.8, 4) is 0 Å². The van der Waals surface area contributed by atoms with Gasteiger partial charge in [-0.2, -0.15) is 4.98 Å². The van der Waals surface area contributed by atoms with Crippen molar-refractivity contribution in [3.05, 3.63) is 17.0 Å². The molecule has 0 unspecified atom stereocenters. The molecule has 0 spiro atoms. The van der Waals surface area contributed by atoms with Crippen LogP contribution in [0.3, 0.4) is 0 Å². The second kappa shape index (κ2) is 8.28. The molecule has 2 aromatic heterocycles. The van der Waals surface area contributed by atoms with Gasteiger partial charge in [0.2, 0.25) is 5.16 Å². The SMILES string of the molecule is CCN(CC)C(=O)COC(=O)Cc1c(C)nc2nc(SC)nn2c1C. The number of esters is 1. The first-order valence-corrected chi connectivity index (χ1v) is 9.33. The second-order valence-electron chi connectivity index (χ2n) is 5.47. The molecule has 0 saturated carbocycles. The van der Waals surface area contributed by atoms with Crippen LogP contribution in [-0.2, 0) is 20.7 Å². The van der Waals surface area contributed by atoms with Gasteiger partial charge in [0.05, 0.1) is 6.42 Å². The summed E-state index contributed by atoms with van der Waals surface area (Å²) in [6.45, 7) is 8.41. The number of carbonyl (C=O) groups excluding carboxylic acids is 2. The minimum absolute atomic E-state index is 0.0423. The van der Waals surface area contributed by atoms with Crippen molar-refractivity contribution in [2.45, 2.75) is 39.3 Å². The topological polar surface area (TPSA) is 89.7 Å². The smallest absolute Gasteiger partial charge is 0.310 e. The molecule has 0 aliphatic heterocycles. The maximum Gasteiger partial charge on any atom is 0.310 e. The number of rotatable bonds is 7. The molecule has 0 aliphatic rings. The third-order valence-corrected chi connectivity index (χ3v) is 4.54. The van der Waals surface area contributed by atoms with Crippen molar-refractivity contribution in [3.63, 3.8) is 0 Å². The number of aromatic nitrogens is 4. The number of hydrogen-bond acceptors (Lipinski definition) is 7. The number of carbonyl (C=O) groups is 2. The molecule has 8 nitrogen and oxygen atoms in total. The number of ether oxygens (including phenoxy) is 1. The number of thioether (sulfide) groups is 1. The largest absolute Gasteiger partial charge is 0.455 e. The molecule has 9 heteroatoms. The molecule has 25 heavy (non-hydrogen) atoms. The first-order valence-electron chi connectivity index (χ1n) is 8.11. The highest BCUT2D eigenvalue weighted by molar-refractivity contribution is 7.98. The predicted octanol–water partition coefficient (Wildman–Crippen LogP) is 1.42. The van der Waals surface area contributed by atoms with E-state index in [-0.39, 0.29) is 18.9 Å². The van der Waals surface area contributed by atoms with Gasteiger partial charge in [-0.25, -0.2) is 9.50 Å². The lowest BCUT2D eigenvalue weighted by molar-refractivity contribution is -0.151. The molecule has 0 bridgehead atoms. The first kappa shape index (κ1) is 19.2. The Balaban J connectivity index is 2.11. The fourth-order valence-electron chi connectivity index (χ4n) is 2.54. The Morgan fingerprint density at radius 1 is 1.20 bits per heavy atom. The molecule has 0 radical (unpaired) electrons. The first-order chi connectivity index (χ1) is 11.9. The van der Waals surface area contributed by atoms with Crippen LogP contribution in [0.2, 0.25) is 0 Å².